The Kier molecular flexibility index (Phi) is 24.0. The van der Waals surface area contributed by atoms with Crippen LogP contribution in [-0.4, -0.2) is 4.68 Å². The van der Waals surface area contributed by atoms with E-state index in [0.717, 1.165) is 11.1 Å². The van der Waals surface area contributed by atoms with Crippen LogP contribution in [0.1, 0.15) is 19.8 Å². The van der Waals surface area contributed by atoms with Crippen molar-refractivity contribution < 1.29 is 24.6 Å². The van der Waals surface area contributed by atoms with E-state index in [1.807, 2.05) is 0 Å². The second kappa shape index (κ2) is 16.2. The van der Waals surface area contributed by atoms with E-state index < -0.39 is 0 Å². The fraction of sp³-hybridized carbons (Fsp3) is 0.600. The number of hydrogen-bond acceptors (Lipinski definition) is 1. The molecular weight excluding hydrogens is 271 g/mol. The van der Waals surface area contributed by atoms with Crippen molar-refractivity contribution >= 4 is 4.68 Å². The average molecular weight is 281 g/mol. The zero-order valence-corrected chi connectivity index (χ0v) is 6.70. The molecule has 0 N–H and O–H groups in total. The zero-order chi connectivity index (χ0) is 6.12. The van der Waals surface area contributed by atoms with E-state index in [1.54, 1.807) is 19.8 Å². The topological polar surface area (TPSA) is 17.1 Å². The first-order chi connectivity index (χ1) is 3.33. The van der Waals surface area contributed by atoms with E-state index in [0.29, 0.717) is 0 Å². The maximum atomic E-state index is 8.79. The fourth-order valence-corrected chi connectivity index (χ4v) is 0. The van der Waals surface area contributed by atoms with Crippen LogP contribution in [0.25, 0.3) is 0 Å². The summed E-state index contributed by atoms with van der Waals surface area (Å²) in [6.45, 7) is 5.72. The molecule has 0 saturated heterocycles. The molecule has 0 bridgehead atoms. The molecule has 0 aliphatic heterocycles. The molecule has 0 aromatic heterocycles. The molecule has 0 aliphatic rings. The van der Waals surface area contributed by atoms with Gasteiger partial charge < -0.3 is 0 Å². The summed E-state index contributed by atoms with van der Waals surface area (Å²) in [4.78, 5) is 8.79. The van der Waals surface area contributed by atoms with Gasteiger partial charge in [-0.15, -0.1) is 0 Å². The molecule has 46 valence electrons. The van der Waals surface area contributed by atoms with Crippen LogP contribution in [0.3, 0.4) is 0 Å². The number of carbonyl (C=O) groups excluding carboxylic acids is 1. The molecule has 2 heteroatoms. The summed E-state index contributed by atoms with van der Waals surface area (Å²) in [5, 5.41) is 0. The minimum Gasteiger partial charge on any atom is -0.0654 e. The van der Waals surface area contributed by atoms with Crippen LogP contribution in [0.15, 0.2) is 0 Å². The van der Waals surface area contributed by atoms with Crippen molar-refractivity contribution in [1.82, 2.24) is 0 Å². The van der Waals surface area contributed by atoms with Gasteiger partial charge in [-0.25, -0.2) is 0 Å². The van der Waals surface area contributed by atoms with Gasteiger partial charge in [-0.3, -0.25) is 0 Å². The third-order valence-corrected chi connectivity index (χ3v) is 0.354. The molecule has 1 radical (unpaired) electrons. The summed E-state index contributed by atoms with van der Waals surface area (Å²) in [6.07, 6.45) is 2.28. The Hall–Kier alpha value is 0.358. The number of carbonyl (C=O) groups is 1. The van der Waals surface area contributed by atoms with Crippen LogP contribution in [0.4, 0.5) is 0 Å². The monoisotopic (exact) mass is 281 g/mol. The Labute approximate surface area is 56.4 Å². The Morgan fingerprint density at radius 3 is 2.00 bits per heavy atom. The molecule has 0 atom stereocenters. The maximum absolute atomic E-state index is 8.79. The quantitative estimate of drug-likeness (QED) is 0.663. The molecular formula is C5H10OPt. The molecule has 0 spiro atoms. The smallest absolute Gasteiger partial charge is 0.0533 e. The molecule has 0 unspecified atom stereocenters. The minimum absolute atomic E-state index is 0.722. The summed E-state index contributed by atoms with van der Waals surface area (Å²) in [5.41, 5.74) is 0. The van der Waals surface area contributed by atoms with Crippen LogP contribution in [0, 0.1) is 6.92 Å². The third kappa shape index (κ3) is 65.5. The van der Waals surface area contributed by atoms with Crippen LogP contribution >= 0.6 is 0 Å². The van der Waals surface area contributed by atoms with Crippen molar-refractivity contribution in [3.63, 3.8) is 0 Å². The van der Waals surface area contributed by atoms with E-state index in [1.165, 1.54) is 6.42 Å². The third-order valence-electron chi connectivity index (χ3n) is 0.354. The van der Waals surface area contributed by atoms with Crippen molar-refractivity contribution in [1.29, 1.82) is 0 Å². The van der Waals surface area contributed by atoms with Crippen molar-refractivity contribution in [2.24, 2.45) is 0 Å². The predicted octanol–water partition coefficient (Wildman–Crippen LogP) is 1.34. The Balaban J connectivity index is 0. The SMILES string of the molecule is O=[CH][Pt].[CH2]CCC. The Morgan fingerprint density at radius 2 is 2.00 bits per heavy atom. The second-order valence-corrected chi connectivity index (χ2v) is 1.46. The van der Waals surface area contributed by atoms with Crippen molar-refractivity contribution in [2.45, 2.75) is 19.8 Å². The van der Waals surface area contributed by atoms with Crippen molar-refractivity contribution in [3.8, 4) is 0 Å². The van der Waals surface area contributed by atoms with Gasteiger partial charge in [-0.05, 0) is 0 Å². The maximum Gasteiger partial charge on any atom is -0.0533 e. The van der Waals surface area contributed by atoms with Gasteiger partial charge in [0.1, 0.15) is 0 Å². The van der Waals surface area contributed by atoms with E-state index in [2.05, 4.69) is 13.8 Å². The van der Waals surface area contributed by atoms with Crippen LogP contribution in [0.2, 0.25) is 0 Å². The number of hydrogen-bond donors (Lipinski definition) is 0. The van der Waals surface area contributed by atoms with Gasteiger partial charge in [0.2, 0.25) is 0 Å². The number of unbranched alkanes of at least 4 members (excludes halogenated alkanes) is 1. The average Bonchev–Trinajstić information content (AvgIpc) is 1.69. The normalized spacial score (nSPS) is 6.29. The molecule has 7 heavy (non-hydrogen) atoms. The van der Waals surface area contributed by atoms with E-state index >= 15 is 0 Å². The first-order valence-electron chi connectivity index (χ1n) is 2.13. The molecule has 1 nitrogen and oxygen atoms in total. The first kappa shape index (κ1) is 10.4. The fourth-order valence-electron chi connectivity index (χ4n) is 0. The minimum atomic E-state index is 0.722. The molecule has 0 aromatic carbocycles. The molecule has 0 aromatic rings. The van der Waals surface area contributed by atoms with Gasteiger partial charge in [-0.2, -0.15) is 0 Å². The van der Waals surface area contributed by atoms with Crippen LogP contribution < -0.4 is 0 Å². The van der Waals surface area contributed by atoms with E-state index in [9.17, 15) is 0 Å². The van der Waals surface area contributed by atoms with E-state index in [-0.39, 0.29) is 0 Å². The van der Waals surface area contributed by atoms with Gasteiger partial charge in [0.25, 0.3) is 0 Å². The van der Waals surface area contributed by atoms with Crippen LogP contribution in [0.5, 0.6) is 0 Å². The van der Waals surface area contributed by atoms with Gasteiger partial charge >= 0.3 is 29.3 Å². The van der Waals surface area contributed by atoms with Crippen LogP contribution in [-0.2, 0) is 24.6 Å². The van der Waals surface area contributed by atoms with Gasteiger partial charge in [0.05, 0.1) is 0 Å². The summed E-state index contributed by atoms with van der Waals surface area (Å²) in [6, 6.07) is 0. The first-order valence-corrected chi connectivity index (χ1v) is 3.44. The standard InChI is InChI=1S/C4H9.CHO.Pt/c1-3-4-2;1-2;/h1,3-4H2,2H3;1H;. The molecule has 0 saturated carbocycles. The summed E-state index contributed by atoms with van der Waals surface area (Å²) >= 11 is 1.60. The largest absolute Gasteiger partial charge is 0.0654 e. The summed E-state index contributed by atoms with van der Waals surface area (Å²) in [7, 11) is 0. The number of rotatable bonds is 1. The predicted molar refractivity (Wildman–Crippen MR) is 27.0 cm³/mol. The molecule has 0 rings (SSSR count). The summed E-state index contributed by atoms with van der Waals surface area (Å²) < 4.78 is 0.722. The van der Waals surface area contributed by atoms with Gasteiger partial charge in [0.15, 0.2) is 0 Å². The Bertz CT molecular complexity index is 27.3. The van der Waals surface area contributed by atoms with Gasteiger partial charge in [-0.1, -0.05) is 26.7 Å². The molecule has 0 amide bonds. The van der Waals surface area contributed by atoms with E-state index in [4.69, 9.17) is 4.79 Å². The van der Waals surface area contributed by atoms with Gasteiger partial charge in [0, 0.05) is 0 Å². The van der Waals surface area contributed by atoms with Crippen molar-refractivity contribution in [3.05, 3.63) is 6.92 Å². The summed E-state index contributed by atoms with van der Waals surface area (Å²) in [5.74, 6) is 0. The molecule has 0 heterocycles. The molecule has 0 aliphatic carbocycles. The second-order valence-electron chi connectivity index (χ2n) is 0.928. The van der Waals surface area contributed by atoms with Crippen molar-refractivity contribution in [2.75, 3.05) is 0 Å². The Morgan fingerprint density at radius 1 is 1.86 bits per heavy atom. The molecule has 0 fully saturated rings. The zero-order valence-electron chi connectivity index (χ0n) is 4.42.